The monoisotopic (exact) mass is 517 g/mol. The number of nitrogens with zero attached hydrogens (tertiary/aromatic N) is 3. The zero-order valence-corrected chi connectivity index (χ0v) is 22.8. The van der Waals surface area contributed by atoms with Gasteiger partial charge in [-0.05, 0) is 45.4 Å². The van der Waals surface area contributed by atoms with Gasteiger partial charge in [-0.3, -0.25) is 9.80 Å². The lowest BCUT2D eigenvalue weighted by Gasteiger charge is -2.42. The van der Waals surface area contributed by atoms with Gasteiger partial charge in [-0.25, -0.2) is 14.4 Å². The smallest absolute Gasteiger partial charge is 0.338 e. The number of carbonyl (C=O) groups excluding carboxylic acids is 3. The number of ether oxygens (including phenoxy) is 3. The minimum Gasteiger partial charge on any atom is -0.497 e. The highest BCUT2D eigenvalue weighted by Crippen LogP contribution is 2.35. The fourth-order valence-corrected chi connectivity index (χ4v) is 4.66. The van der Waals surface area contributed by atoms with E-state index >= 15 is 0 Å². The summed E-state index contributed by atoms with van der Waals surface area (Å²) in [7, 11) is 4.73. The zero-order valence-electron chi connectivity index (χ0n) is 22.8. The molecule has 204 valence electrons. The predicted octanol–water partition coefficient (Wildman–Crippen LogP) is 2.34. The first-order chi connectivity index (χ1) is 17.6. The number of esters is 1. The van der Waals surface area contributed by atoms with Crippen molar-refractivity contribution in [2.75, 3.05) is 54.1 Å². The molecule has 0 bridgehead atoms. The Bertz CT molecular complexity index is 1020. The second kappa shape index (κ2) is 12.2. The van der Waals surface area contributed by atoms with E-state index in [-0.39, 0.29) is 30.8 Å². The molecule has 2 heterocycles. The molecule has 2 atom stereocenters. The summed E-state index contributed by atoms with van der Waals surface area (Å²) >= 11 is 0. The van der Waals surface area contributed by atoms with Crippen molar-refractivity contribution in [3.05, 3.63) is 35.0 Å². The van der Waals surface area contributed by atoms with Crippen LogP contribution in [-0.4, -0.2) is 98.9 Å². The Kier molecular flexibility index (Phi) is 9.25. The third-order valence-electron chi connectivity index (χ3n) is 6.54. The van der Waals surface area contributed by atoms with Gasteiger partial charge in [-0.1, -0.05) is 0 Å². The summed E-state index contributed by atoms with van der Waals surface area (Å²) in [5.41, 5.74) is 1.55. The molecule has 2 aliphatic rings. The zero-order chi connectivity index (χ0) is 27.3. The normalized spacial score (nSPS) is 20.6. The highest BCUT2D eigenvalue weighted by Gasteiger charge is 2.38. The Hall–Kier alpha value is -3.47. The molecule has 2 aliphatic heterocycles. The molecular formula is C26H39N5O6. The van der Waals surface area contributed by atoms with Gasteiger partial charge in [0.2, 0.25) is 0 Å². The summed E-state index contributed by atoms with van der Waals surface area (Å²) < 4.78 is 16.3. The van der Waals surface area contributed by atoms with Crippen LogP contribution in [0.5, 0.6) is 11.5 Å². The van der Waals surface area contributed by atoms with Gasteiger partial charge in [0, 0.05) is 57.1 Å². The Morgan fingerprint density at radius 1 is 1.14 bits per heavy atom. The maximum Gasteiger partial charge on any atom is 0.338 e. The highest BCUT2D eigenvalue weighted by molar-refractivity contribution is 5.95. The fourth-order valence-electron chi connectivity index (χ4n) is 4.66. The lowest BCUT2D eigenvalue weighted by molar-refractivity contribution is -0.139. The van der Waals surface area contributed by atoms with Crippen molar-refractivity contribution >= 4 is 18.0 Å². The highest BCUT2D eigenvalue weighted by atomic mass is 16.5. The summed E-state index contributed by atoms with van der Waals surface area (Å²) in [6.45, 7) is 9.88. The second-order valence-electron chi connectivity index (χ2n) is 9.55. The number of hydrogen-bond donors (Lipinski definition) is 2. The average Bonchev–Trinajstić information content (AvgIpc) is 2.85. The van der Waals surface area contributed by atoms with Crippen molar-refractivity contribution in [3.8, 4) is 11.5 Å². The Balaban J connectivity index is 1.97. The number of methoxy groups -OCH3 is 2. The summed E-state index contributed by atoms with van der Waals surface area (Å²) in [5.74, 6) is 0.577. The number of carbonyl (C=O) groups is 3. The van der Waals surface area contributed by atoms with Crippen molar-refractivity contribution in [2.45, 2.75) is 45.8 Å². The lowest BCUT2D eigenvalue weighted by atomic mass is 9.93. The molecule has 1 aromatic carbocycles. The van der Waals surface area contributed by atoms with Crippen LogP contribution in [0.2, 0.25) is 0 Å². The van der Waals surface area contributed by atoms with E-state index in [0.29, 0.717) is 54.5 Å². The van der Waals surface area contributed by atoms with Gasteiger partial charge in [-0.2, -0.15) is 0 Å². The van der Waals surface area contributed by atoms with Gasteiger partial charge in [0.05, 0.1) is 32.4 Å². The first-order valence-corrected chi connectivity index (χ1v) is 12.6. The SMILES string of the molecule is CCOC(=O)C1=C(CN2CCN(C(=O)NC(C)C)[C@@H](C)C2)N(C)C(=O)N[C@@H]1c1cc(OC)cc(OC)c1. The van der Waals surface area contributed by atoms with E-state index in [0.717, 1.165) is 0 Å². The van der Waals surface area contributed by atoms with E-state index < -0.39 is 12.0 Å². The minimum absolute atomic E-state index is 0.0414. The molecule has 0 unspecified atom stereocenters. The van der Waals surface area contributed by atoms with Crippen LogP contribution in [-0.2, 0) is 9.53 Å². The number of urea groups is 2. The molecule has 0 saturated carbocycles. The standard InChI is InChI=1S/C26H39N5O6/c1-8-37-24(32)22-21(15-30-9-10-31(17(4)14-30)26(34)27-16(2)3)29(5)25(33)28-23(22)18-11-19(35-6)13-20(12-18)36-7/h11-13,16-17,23H,8-10,14-15H2,1-7H3,(H,27,34)(H,28,33)/t17-,23+/m0/s1. The van der Waals surface area contributed by atoms with Gasteiger partial charge in [0.15, 0.2) is 0 Å². The first kappa shape index (κ1) is 28.1. The Labute approximate surface area is 218 Å². The molecule has 0 spiro atoms. The van der Waals surface area contributed by atoms with E-state index in [1.807, 2.05) is 25.7 Å². The van der Waals surface area contributed by atoms with Crippen LogP contribution in [0.15, 0.2) is 29.5 Å². The van der Waals surface area contributed by atoms with E-state index in [2.05, 4.69) is 15.5 Å². The summed E-state index contributed by atoms with van der Waals surface area (Å²) in [6, 6.07) is 4.10. The van der Waals surface area contributed by atoms with E-state index in [9.17, 15) is 14.4 Å². The number of hydrogen-bond acceptors (Lipinski definition) is 7. The number of piperazine rings is 1. The molecule has 0 aromatic heterocycles. The van der Waals surface area contributed by atoms with Crippen molar-refractivity contribution in [3.63, 3.8) is 0 Å². The first-order valence-electron chi connectivity index (χ1n) is 12.6. The maximum absolute atomic E-state index is 13.3. The average molecular weight is 518 g/mol. The maximum atomic E-state index is 13.3. The van der Waals surface area contributed by atoms with Crippen LogP contribution in [0.25, 0.3) is 0 Å². The van der Waals surface area contributed by atoms with Crippen molar-refractivity contribution in [1.82, 2.24) is 25.3 Å². The van der Waals surface area contributed by atoms with Gasteiger partial charge in [0.1, 0.15) is 11.5 Å². The molecule has 3 rings (SSSR count). The van der Waals surface area contributed by atoms with Crippen molar-refractivity contribution in [2.24, 2.45) is 0 Å². The van der Waals surface area contributed by atoms with Crippen LogP contribution < -0.4 is 20.1 Å². The van der Waals surface area contributed by atoms with Crippen molar-refractivity contribution in [1.29, 1.82) is 0 Å². The molecule has 4 amide bonds. The van der Waals surface area contributed by atoms with Gasteiger partial charge in [-0.15, -0.1) is 0 Å². The van der Waals surface area contributed by atoms with E-state index in [1.54, 1.807) is 46.4 Å². The van der Waals surface area contributed by atoms with E-state index in [4.69, 9.17) is 14.2 Å². The van der Waals surface area contributed by atoms with Gasteiger partial charge < -0.3 is 29.7 Å². The molecule has 1 aromatic rings. The fraction of sp³-hybridized carbons (Fsp3) is 0.577. The van der Waals surface area contributed by atoms with Crippen LogP contribution in [0.1, 0.15) is 39.3 Å². The van der Waals surface area contributed by atoms with Crippen LogP contribution >= 0.6 is 0 Å². The Morgan fingerprint density at radius 3 is 2.32 bits per heavy atom. The van der Waals surface area contributed by atoms with Gasteiger partial charge >= 0.3 is 18.0 Å². The number of nitrogens with one attached hydrogen (secondary N) is 2. The molecule has 0 aliphatic carbocycles. The molecule has 2 N–H and O–H groups in total. The molecule has 1 fully saturated rings. The van der Waals surface area contributed by atoms with Crippen LogP contribution in [0, 0.1) is 0 Å². The lowest BCUT2D eigenvalue weighted by Crippen LogP contribution is -2.58. The molecule has 11 heteroatoms. The summed E-state index contributed by atoms with van der Waals surface area (Å²) in [4.78, 5) is 44.4. The third kappa shape index (κ3) is 6.46. The number of amides is 4. The molecule has 11 nitrogen and oxygen atoms in total. The topological polar surface area (TPSA) is 113 Å². The third-order valence-corrected chi connectivity index (χ3v) is 6.54. The molecule has 0 radical (unpaired) electrons. The molecule has 1 saturated heterocycles. The number of rotatable bonds is 8. The predicted molar refractivity (Wildman–Crippen MR) is 139 cm³/mol. The quantitative estimate of drug-likeness (QED) is 0.509. The summed E-state index contributed by atoms with van der Waals surface area (Å²) in [6.07, 6.45) is 0. The molecule has 37 heavy (non-hydrogen) atoms. The second-order valence-corrected chi connectivity index (χ2v) is 9.55. The number of likely N-dealkylation sites (N-methyl/N-ethyl adjacent to an activating group) is 1. The van der Waals surface area contributed by atoms with Gasteiger partial charge in [0.25, 0.3) is 0 Å². The van der Waals surface area contributed by atoms with Crippen LogP contribution in [0.3, 0.4) is 0 Å². The minimum atomic E-state index is -0.753. The number of benzene rings is 1. The summed E-state index contributed by atoms with van der Waals surface area (Å²) in [5, 5.41) is 5.88. The van der Waals surface area contributed by atoms with Crippen LogP contribution in [0.4, 0.5) is 9.59 Å². The van der Waals surface area contributed by atoms with Crippen molar-refractivity contribution < 1.29 is 28.6 Å². The molecular weight excluding hydrogens is 478 g/mol. The van der Waals surface area contributed by atoms with E-state index in [1.165, 1.54) is 4.90 Å². The largest absolute Gasteiger partial charge is 0.497 e. The Morgan fingerprint density at radius 2 is 1.78 bits per heavy atom.